The van der Waals surface area contributed by atoms with Gasteiger partial charge in [-0.15, -0.1) is 5.10 Å². The monoisotopic (exact) mass is 324 g/mol. The standard InChI is InChI=1S/C12H7F3N6S/c13-12(14,15)9-8(6-16-11(22)17-9)10-18-19-20-21(10)7-4-2-1-3-5-7/h1-6H,(H,16,17,22). The molecule has 0 aliphatic heterocycles. The van der Waals surface area contributed by atoms with Gasteiger partial charge in [-0.25, -0.2) is 4.98 Å². The van der Waals surface area contributed by atoms with Crippen molar-refractivity contribution in [3.8, 4) is 17.1 Å². The fourth-order valence-corrected chi connectivity index (χ4v) is 2.04. The quantitative estimate of drug-likeness (QED) is 0.734. The lowest BCUT2D eigenvalue weighted by atomic mass is 10.2. The third-order valence-electron chi connectivity index (χ3n) is 2.81. The second-order valence-corrected chi connectivity index (χ2v) is 4.61. The molecule has 6 nitrogen and oxygen atoms in total. The molecule has 22 heavy (non-hydrogen) atoms. The highest BCUT2D eigenvalue weighted by atomic mass is 32.1. The second-order valence-electron chi connectivity index (χ2n) is 4.22. The molecule has 3 rings (SSSR count). The Morgan fingerprint density at radius 2 is 1.86 bits per heavy atom. The molecule has 112 valence electrons. The zero-order valence-electron chi connectivity index (χ0n) is 10.7. The van der Waals surface area contributed by atoms with E-state index in [0.717, 1.165) is 6.20 Å². The van der Waals surface area contributed by atoms with Crippen molar-refractivity contribution in [2.24, 2.45) is 0 Å². The van der Waals surface area contributed by atoms with Gasteiger partial charge in [-0.05, 0) is 34.8 Å². The van der Waals surface area contributed by atoms with Gasteiger partial charge in [-0.1, -0.05) is 18.2 Å². The summed E-state index contributed by atoms with van der Waals surface area (Å²) in [6.07, 6.45) is -3.63. The number of halogens is 3. The number of H-pyrrole nitrogens is 1. The molecule has 2 heterocycles. The van der Waals surface area contributed by atoms with Crippen LogP contribution >= 0.6 is 12.2 Å². The van der Waals surface area contributed by atoms with E-state index in [1.807, 2.05) is 0 Å². The molecule has 3 aromatic rings. The van der Waals surface area contributed by atoms with Crippen molar-refractivity contribution in [1.29, 1.82) is 0 Å². The molecule has 0 amide bonds. The maximum atomic E-state index is 13.2. The van der Waals surface area contributed by atoms with Crippen LogP contribution < -0.4 is 0 Å². The summed E-state index contributed by atoms with van der Waals surface area (Å²) in [6, 6.07) is 8.57. The van der Waals surface area contributed by atoms with Crippen LogP contribution in [0.4, 0.5) is 13.2 Å². The largest absolute Gasteiger partial charge is 0.432 e. The summed E-state index contributed by atoms with van der Waals surface area (Å²) in [4.78, 5) is 5.75. The average molecular weight is 324 g/mol. The predicted molar refractivity (Wildman–Crippen MR) is 72.6 cm³/mol. The lowest BCUT2D eigenvalue weighted by Gasteiger charge is -2.11. The number of hydrogen-bond acceptors (Lipinski definition) is 5. The van der Waals surface area contributed by atoms with Crippen LogP contribution in [-0.4, -0.2) is 30.2 Å². The summed E-state index contributed by atoms with van der Waals surface area (Å²) in [7, 11) is 0. The molecule has 0 saturated heterocycles. The first kappa shape index (κ1) is 14.3. The molecule has 1 N–H and O–H groups in total. The van der Waals surface area contributed by atoms with Crippen molar-refractivity contribution in [3.63, 3.8) is 0 Å². The van der Waals surface area contributed by atoms with Gasteiger partial charge in [0.15, 0.2) is 10.6 Å². The third-order valence-corrected chi connectivity index (χ3v) is 3.01. The first-order valence-corrected chi connectivity index (χ1v) is 6.38. The van der Waals surface area contributed by atoms with Gasteiger partial charge in [-0.3, -0.25) is 0 Å². The maximum Gasteiger partial charge on any atom is 0.432 e. The Labute approximate surface area is 126 Å². The summed E-state index contributed by atoms with van der Waals surface area (Å²) in [5, 5.41) is 10.9. The molecule has 0 atom stereocenters. The summed E-state index contributed by atoms with van der Waals surface area (Å²) in [6.45, 7) is 0. The molecular weight excluding hydrogens is 317 g/mol. The Bertz CT molecular complexity index is 855. The van der Waals surface area contributed by atoms with Gasteiger partial charge in [0.05, 0.1) is 11.3 Å². The maximum absolute atomic E-state index is 13.2. The highest BCUT2D eigenvalue weighted by molar-refractivity contribution is 7.71. The minimum Gasteiger partial charge on any atom is -0.326 e. The molecule has 0 unspecified atom stereocenters. The summed E-state index contributed by atoms with van der Waals surface area (Å²) in [5.74, 6) is -0.0859. The van der Waals surface area contributed by atoms with Gasteiger partial charge < -0.3 is 4.98 Å². The molecule has 0 spiro atoms. The molecule has 10 heteroatoms. The average Bonchev–Trinajstić information content (AvgIpc) is 2.96. The summed E-state index contributed by atoms with van der Waals surface area (Å²) >= 11 is 4.66. The van der Waals surface area contributed by atoms with Crippen molar-refractivity contribution in [2.75, 3.05) is 0 Å². The Morgan fingerprint density at radius 3 is 2.55 bits per heavy atom. The number of nitrogens with one attached hydrogen (secondary N) is 1. The van der Waals surface area contributed by atoms with E-state index in [4.69, 9.17) is 0 Å². The summed E-state index contributed by atoms with van der Waals surface area (Å²) in [5.41, 5.74) is -0.799. The van der Waals surface area contributed by atoms with Crippen molar-refractivity contribution < 1.29 is 13.2 Å². The smallest absolute Gasteiger partial charge is 0.326 e. The van der Waals surface area contributed by atoms with Crippen LogP contribution in [0.15, 0.2) is 36.5 Å². The van der Waals surface area contributed by atoms with Gasteiger partial charge >= 0.3 is 6.18 Å². The molecule has 0 aliphatic rings. The first-order chi connectivity index (χ1) is 10.5. The lowest BCUT2D eigenvalue weighted by Crippen LogP contribution is -2.13. The molecule has 0 bridgehead atoms. The van der Waals surface area contributed by atoms with E-state index in [9.17, 15) is 13.2 Å². The normalized spacial score (nSPS) is 11.6. The van der Waals surface area contributed by atoms with Crippen molar-refractivity contribution >= 4 is 12.2 Å². The van der Waals surface area contributed by atoms with Crippen LogP contribution in [0, 0.1) is 4.77 Å². The number of hydrogen-bond donors (Lipinski definition) is 1. The summed E-state index contributed by atoms with van der Waals surface area (Å²) < 4.78 is 40.4. The molecule has 0 radical (unpaired) electrons. The van der Waals surface area contributed by atoms with E-state index in [1.165, 1.54) is 4.68 Å². The number of benzene rings is 1. The zero-order chi connectivity index (χ0) is 15.7. The number of alkyl halides is 3. The molecular formula is C12H7F3N6S. The van der Waals surface area contributed by atoms with Crippen LogP contribution in [-0.2, 0) is 6.18 Å². The highest BCUT2D eigenvalue weighted by Crippen LogP contribution is 2.34. The number of tetrazole rings is 1. The minimum atomic E-state index is -4.64. The first-order valence-electron chi connectivity index (χ1n) is 5.97. The Morgan fingerprint density at radius 1 is 1.14 bits per heavy atom. The van der Waals surface area contributed by atoms with Gasteiger partial charge in [0.1, 0.15) is 5.69 Å². The number of aromatic nitrogens is 6. The van der Waals surface area contributed by atoms with E-state index in [-0.39, 0.29) is 16.2 Å². The van der Waals surface area contributed by atoms with Crippen LogP contribution in [0.2, 0.25) is 0 Å². The van der Waals surface area contributed by atoms with Gasteiger partial charge in [0.2, 0.25) is 0 Å². The van der Waals surface area contributed by atoms with E-state index in [0.29, 0.717) is 5.69 Å². The Hall–Kier alpha value is -2.62. The fourth-order valence-electron chi connectivity index (χ4n) is 1.89. The Balaban J connectivity index is 2.23. The molecule has 1 aromatic carbocycles. The van der Waals surface area contributed by atoms with Crippen LogP contribution in [0.25, 0.3) is 17.1 Å². The van der Waals surface area contributed by atoms with Crippen LogP contribution in [0.1, 0.15) is 5.69 Å². The van der Waals surface area contributed by atoms with E-state index >= 15 is 0 Å². The molecule has 0 aliphatic carbocycles. The molecule has 0 fully saturated rings. The van der Waals surface area contributed by atoms with Gasteiger partial charge in [0, 0.05) is 6.20 Å². The van der Waals surface area contributed by atoms with Crippen LogP contribution in [0.5, 0.6) is 0 Å². The Kier molecular flexibility index (Phi) is 3.45. The highest BCUT2D eigenvalue weighted by Gasteiger charge is 2.36. The van der Waals surface area contributed by atoms with E-state index in [2.05, 4.69) is 37.7 Å². The fraction of sp³-hybridized carbons (Fsp3) is 0.0833. The topological polar surface area (TPSA) is 72.3 Å². The van der Waals surface area contributed by atoms with Gasteiger partial charge in [0.25, 0.3) is 0 Å². The van der Waals surface area contributed by atoms with Crippen molar-refractivity contribution in [1.82, 2.24) is 30.2 Å². The molecule has 0 saturated carbocycles. The molecule has 2 aromatic heterocycles. The van der Waals surface area contributed by atoms with Crippen molar-refractivity contribution in [3.05, 3.63) is 47.0 Å². The van der Waals surface area contributed by atoms with Crippen LogP contribution in [0.3, 0.4) is 0 Å². The number of rotatable bonds is 2. The number of nitrogens with zero attached hydrogens (tertiary/aromatic N) is 5. The predicted octanol–water partition coefficient (Wildman–Crippen LogP) is 2.80. The van der Waals surface area contributed by atoms with E-state index < -0.39 is 11.9 Å². The van der Waals surface area contributed by atoms with Gasteiger partial charge in [-0.2, -0.15) is 17.9 Å². The second kappa shape index (κ2) is 5.30. The van der Waals surface area contributed by atoms with E-state index in [1.54, 1.807) is 30.3 Å². The number of para-hydroxylation sites is 1. The third kappa shape index (κ3) is 2.60. The minimum absolute atomic E-state index is 0.0859. The zero-order valence-corrected chi connectivity index (χ0v) is 11.6. The van der Waals surface area contributed by atoms with Crippen molar-refractivity contribution in [2.45, 2.75) is 6.18 Å². The number of aromatic amines is 1. The lowest BCUT2D eigenvalue weighted by molar-refractivity contribution is -0.140. The SMILES string of the molecule is FC(F)(F)c1[nH]c(=S)ncc1-c1nnnn1-c1ccccc1.